The molecule has 0 radical (unpaired) electrons. The average molecular weight is 270 g/mol. The number of urea groups is 1. The summed E-state index contributed by atoms with van der Waals surface area (Å²) in [5, 5.41) is 15.0. The molecule has 0 aliphatic rings. The lowest BCUT2D eigenvalue weighted by molar-refractivity contribution is 0.251. The van der Waals surface area contributed by atoms with Crippen molar-refractivity contribution in [1.29, 1.82) is 0 Å². The van der Waals surface area contributed by atoms with Crippen molar-refractivity contribution >= 4 is 11.7 Å². The highest BCUT2D eigenvalue weighted by molar-refractivity contribution is 5.90. The van der Waals surface area contributed by atoms with Crippen LogP contribution in [0.4, 0.5) is 10.5 Å². The van der Waals surface area contributed by atoms with Gasteiger partial charge in [0.25, 0.3) is 0 Å². The summed E-state index contributed by atoms with van der Waals surface area (Å²) in [4.78, 5) is 11.8. The predicted molar refractivity (Wildman–Crippen MR) is 79.9 cm³/mol. The molecule has 2 aromatic carbocycles. The van der Waals surface area contributed by atoms with E-state index in [1.807, 2.05) is 38.1 Å². The maximum Gasteiger partial charge on any atom is 0.319 e. The van der Waals surface area contributed by atoms with Gasteiger partial charge in [0, 0.05) is 6.54 Å². The Bertz CT molecular complexity index is 606. The summed E-state index contributed by atoms with van der Waals surface area (Å²) in [7, 11) is 0. The Labute approximate surface area is 118 Å². The van der Waals surface area contributed by atoms with E-state index in [4.69, 9.17) is 0 Å². The van der Waals surface area contributed by atoms with Crippen molar-refractivity contribution in [3.05, 3.63) is 59.2 Å². The van der Waals surface area contributed by atoms with E-state index in [9.17, 15) is 9.90 Å². The van der Waals surface area contributed by atoms with E-state index in [-0.39, 0.29) is 11.8 Å². The van der Waals surface area contributed by atoms with Crippen LogP contribution in [0.5, 0.6) is 5.75 Å². The van der Waals surface area contributed by atoms with Crippen LogP contribution in [0, 0.1) is 13.8 Å². The molecular formula is C16H18N2O2. The first kappa shape index (κ1) is 13.9. The van der Waals surface area contributed by atoms with Gasteiger partial charge in [-0.1, -0.05) is 35.9 Å². The number of rotatable bonds is 3. The van der Waals surface area contributed by atoms with Crippen LogP contribution in [0.15, 0.2) is 42.5 Å². The molecule has 0 aliphatic heterocycles. The minimum absolute atomic E-state index is 0.0566. The summed E-state index contributed by atoms with van der Waals surface area (Å²) < 4.78 is 0. The van der Waals surface area contributed by atoms with Crippen molar-refractivity contribution in [2.24, 2.45) is 0 Å². The van der Waals surface area contributed by atoms with Gasteiger partial charge in [-0.2, -0.15) is 0 Å². The summed E-state index contributed by atoms with van der Waals surface area (Å²) >= 11 is 0. The van der Waals surface area contributed by atoms with Gasteiger partial charge in [-0.05, 0) is 37.1 Å². The molecule has 2 amide bonds. The first-order valence-corrected chi connectivity index (χ1v) is 6.44. The van der Waals surface area contributed by atoms with Crippen LogP contribution in [-0.4, -0.2) is 11.1 Å². The molecule has 3 N–H and O–H groups in total. The monoisotopic (exact) mass is 270 g/mol. The lowest BCUT2D eigenvalue weighted by Crippen LogP contribution is -2.28. The first-order valence-electron chi connectivity index (χ1n) is 6.44. The molecule has 0 aliphatic carbocycles. The van der Waals surface area contributed by atoms with Crippen LogP contribution in [0.3, 0.4) is 0 Å². The minimum atomic E-state index is -0.341. The standard InChI is InChI=1S/C16H18N2O2/c1-11-3-6-13(7-4-11)10-17-16(20)18-14-9-12(2)5-8-15(14)19/h3-9,19H,10H2,1-2H3,(H2,17,18,20). The van der Waals surface area contributed by atoms with Gasteiger partial charge >= 0.3 is 6.03 Å². The molecule has 0 fully saturated rings. The lowest BCUT2D eigenvalue weighted by atomic mass is 10.1. The van der Waals surface area contributed by atoms with Crippen LogP contribution in [0.1, 0.15) is 16.7 Å². The molecule has 0 saturated heterocycles. The number of anilines is 1. The van der Waals surface area contributed by atoms with Crippen molar-refractivity contribution in [3.8, 4) is 5.75 Å². The smallest absolute Gasteiger partial charge is 0.319 e. The number of phenolic OH excluding ortho intramolecular Hbond substituents is 1. The molecular weight excluding hydrogens is 252 g/mol. The van der Waals surface area contributed by atoms with Crippen molar-refractivity contribution in [3.63, 3.8) is 0 Å². The van der Waals surface area contributed by atoms with E-state index in [1.54, 1.807) is 18.2 Å². The van der Waals surface area contributed by atoms with Gasteiger partial charge in [0.05, 0.1) is 5.69 Å². The molecule has 20 heavy (non-hydrogen) atoms. The number of phenols is 1. The zero-order valence-electron chi connectivity index (χ0n) is 11.6. The second-order valence-corrected chi connectivity index (χ2v) is 4.81. The summed E-state index contributed by atoms with van der Waals surface area (Å²) in [6, 6.07) is 12.7. The number of hydrogen-bond acceptors (Lipinski definition) is 2. The van der Waals surface area contributed by atoms with Crippen LogP contribution < -0.4 is 10.6 Å². The zero-order chi connectivity index (χ0) is 14.5. The third kappa shape index (κ3) is 3.75. The maximum absolute atomic E-state index is 11.8. The van der Waals surface area contributed by atoms with Gasteiger partial charge in [-0.25, -0.2) is 4.79 Å². The van der Waals surface area contributed by atoms with E-state index in [0.717, 1.165) is 11.1 Å². The fourth-order valence-corrected chi connectivity index (χ4v) is 1.80. The van der Waals surface area contributed by atoms with Gasteiger partial charge in [0.1, 0.15) is 5.75 Å². The number of aryl methyl sites for hydroxylation is 2. The molecule has 0 bridgehead atoms. The normalized spacial score (nSPS) is 10.1. The molecule has 0 aromatic heterocycles. The molecule has 0 heterocycles. The van der Waals surface area contributed by atoms with E-state index in [2.05, 4.69) is 10.6 Å². The van der Waals surface area contributed by atoms with E-state index in [0.29, 0.717) is 12.2 Å². The number of carbonyl (C=O) groups excluding carboxylic acids is 1. The first-order chi connectivity index (χ1) is 9.54. The van der Waals surface area contributed by atoms with E-state index in [1.165, 1.54) is 5.56 Å². The van der Waals surface area contributed by atoms with Crippen LogP contribution in [0.25, 0.3) is 0 Å². The largest absolute Gasteiger partial charge is 0.506 e. The summed E-state index contributed by atoms with van der Waals surface area (Å²) in [6.07, 6.45) is 0. The summed E-state index contributed by atoms with van der Waals surface area (Å²) in [5.41, 5.74) is 3.59. The van der Waals surface area contributed by atoms with Crippen LogP contribution in [-0.2, 0) is 6.54 Å². The highest BCUT2D eigenvalue weighted by Crippen LogP contribution is 2.23. The fraction of sp³-hybridized carbons (Fsp3) is 0.188. The topological polar surface area (TPSA) is 61.4 Å². The van der Waals surface area contributed by atoms with Gasteiger partial charge in [0.15, 0.2) is 0 Å². The number of benzene rings is 2. The second kappa shape index (κ2) is 6.10. The number of amides is 2. The molecule has 0 spiro atoms. The lowest BCUT2D eigenvalue weighted by Gasteiger charge is -2.10. The fourth-order valence-electron chi connectivity index (χ4n) is 1.80. The number of nitrogens with one attached hydrogen (secondary N) is 2. The quantitative estimate of drug-likeness (QED) is 0.749. The Morgan fingerprint density at radius 2 is 1.70 bits per heavy atom. The van der Waals surface area contributed by atoms with Gasteiger partial charge in [0.2, 0.25) is 0 Å². The summed E-state index contributed by atoms with van der Waals surface area (Å²) in [5.74, 6) is 0.0566. The number of hydrogen-bond donors (Lipinski definition) is 3. The van der Waals surface area contributed by atoms with E-state index >= 15 is 0 Å². The second-order valence-electron chi connectivity index (χ2n) is 4.81. The third-order valence-electron chi connectivity index (χ3n) is 2.97. The minimum Gasteiger partial charge on any atom is -0.506 e. The summed E-state index contributed by atoms with van der Waals surface area (Å²) in [6.45, 7) is 4.36. The Hall–Kier alpha value is -2.49. The third-order valence-corrected chi connectivity index (χ3v) is 2.97. The van der Waals surface area contributed by atoms with Crippen molar-refractivity contribution < 1.29 is 9.90 Å². The highest BCUT2D eigenvalue weighted by Gasteiger charge is 2.06. The van der Waals surface area contributed by atoms with Crippen LogP contribution >= 0.6 is 0 Å². The number of aromatic hydroxyl groups is 1. The Balaban J connectivity index is 1.92. The van der Waals surface area contributed by atoms with Crippen molar-refractivity contribution in [1.82, 2.24) is 5.32 Å². The Morgan fingerprint density at radius 3 is 2.40 bits per heavy atom. The SMILES string of the molecule is Cc1ccc(CNC(=O)Nc2cc(C)ccc2O)cc1. The van der Waals surface area contributed by atoms with Gasteiger partial charge < -0.3 is 15.7 Å². The molecule has 4 nitrogen and oxygen atoms in total. The van der Waals surface area contributed by atoms with E-state index < -0.39 is 0 Å². The highest BCUT2D eigenvalue weighted by atomic mass is 16.3. The van der Waals surface area contributed by atoms with Gasteiger partial charge in [-0.15, -0.1) is 0 Å². The van der Waals surface area contributed by atoms with Crippen molar-refractivity contribution in [2.45, 2.75) is 20.4 Å². The molecule has 4 heteroatoms. The molecule has 0 saturated carbocycles. The van der Waals surface area contributed by atoms with Crippen molar-refractivity contribution in [2.75, 3.05) is 5.32 Å². The molecule has 0 atom stereocenters. The molecule has 2 rings (SSSR count). The molecule has 0 unspecified atom stereocenters. The number of carbonyl (C=O) groups is 1. The average Bonchev–Trinajstić information content (AvgIpc) is 2.42. The van der Waals surface area contributed by atoms with Crippen LogP contribution in [0.2, 0.25) is 0 Å². The predicted octanol–water partition coefficient (Wildman–Crippen LogP) is 3.33. The maximum atomic E-state index is 11.8. The Kier molecular flexibility index (Phi) is 4.25. The van der Waals surface area contributed by atoms with Gasteiger partial charge in [-0.3, -0.25) is 0 Å². The Morgan fingerprint density at radius 1 is 1.05 bits per heavy atom. The molecule has 2 aromatic rings. The molecule has 104 valence electrons. The zero-order valence-corrected chi connectivity index (χ0v) is 11.6.